The molecule has 1 aromatic carbocycles. The van der Waals surface area contributed by atoms with E-state index in [1.54, 1.807) is 16.8 Å². The highest BCUT2D eigenvalue weighted by molar-refractivity contribution is 9.10. The summed E-state index contributed by atoms with van der Waals surface area (Å²) < 4.78 is 15.5. The van der Waals surface area contributed by atoms with E-state index < -0.39 is 0 Å². The number of hydrogen-bond donors (Lipinski definition) is 1. The molecule has 2 aromatic rings. The van der Waals surface area contributed by atoms with Crippen molar-refractivity contribution in [2.24, 2.45) is 5.73 Å². The van der Waals surface area contributed by atoms with Crippen LogP contribution in [0.5, 0.6) is 0 Å². The quantitative estimate of drug-likeness (QED) is 0.947. The van der Waals surface area contributed by atoms with Crippen molar-refractivity contribution in [2.45, 2.75) is 19.3 Å². The second-order valence-corrected chi connectivity index (χ2v) is 5.69. The van der Waals surface area contributed by atoms with E-state index in [0.717, 1.165) is 15.9 Å². The molecule has 0 spiro atoms. The Morgan fingerprint density at radius 3 is 2.50 bits per heavy atom. The van der Waals surface area contributed by atoms with Crippen molar-refractivity contribution in [2.75, 3.05) is 6.54 Å². The zero-order valence-electron chi connectivity index (χ0n) is 10.3. The third kappa shape index (κ3) is 2.47. The lowest BCUT2D eigenvalue weighted by Crippen LogP contribution is -2.29. The molecule has 0 aliphatic rings. The van der Waals surface area contributed by atoms with Crippen molar-refractivity contribution < 1.29 is 4.39 Å². The Morgan fingerprint density at radius 2 is 1.94 bits per heavy atom. The van der Waals surface area contributed by atoms with Gasteiger partial charge in [-0.05, 0) is 40.2 Å². The van der Waals surface area contributed by atoms with E-state index in [9.17, 15) is 4.39 Å². The van der Waals surface area contributed by atoms with Crippen LogP contribution < -0.4 is 5.73 Å². The first kappa shape index (κ1) is 13.2. The van der Waals surface area contributed by atoms with Gasteiger partial charge in [-0.1, -0.05) is 13.8 Å². The second kappa shape index (κ2) is 4.82. The molecule has 0 amide bonds. The summed E-state index contributed by atoms with van der Waals surface area (Å²) in [4.78, 5) is 0. The normalized spacial score (nSPS) is 11.8. The number of nitrogens with zero attached hydrogens (tertiary/aromatic N) is 2. The molecule has 3 nitrogen and oxygen atoms in total. The van der Waals surface area contributed by atoms with E-state index in [1.165, 1.54) is 12.1 Å². The molecule has 18 heavy (non-hydrogen) atoms. The van der Waals surface area contributed by atoms with Crippen LogP contribution in [0.3, 0.4) is 0 Å². The van der Waals surface area contributed by atoms with Crippen LogP contribution in [0.25, 0.3) is 5.69 Å². The van der Waals surface area contributed by atoms with Crippen LogP contribution in [0.15, 0.2) is 34.9 Å². The largest absolute Gasteiger partial charge is 0.330 e. The van der Waals surface area contributed by atoms with Crippen molar-refractivity contribution in [3.8, 4) is 5.69 Å². The van der Waals surface area contributed by atoms with Crippen LogP contribution in [0.4, 0.5) is 4.39 Å². The second-order valence-electron chi connectivity index (χ2n) is 4.83. The monoisotopic (exact) mass is 311 g/mol. The average Bonchev–Trinajstić information content (AvgIpc) is 2.73. The molecule has 96 valence electrons. The lowest BCUT2D eigenvalue weighted by atomic mass is 9.90. The summed E-state index contributed by atoms with van der Waals surface area (Å²) in [6.07, 6.45) is 1.86. The van der Waals surface area contributed by atoms with E-state index in [2.05, 4.69) is 21.0 Å². The van der Waals surface area contributed by atoms with Crippen molar-refractivity contribution in [3.63, 3.8) is 0 Å². The topological polar surface area (TPSA) is 43.8 Å². The number of rotatable bonds is 3. The first-order valence-electron chi connectivity index (χ1n) is 5.66. The molecule has 0 aliphatic carbocycles. The molecular weight excluding hydrogens is 297 g/mol. The van der Waals surface area contributed by atoms with Crippen LogP contribution in [-0.4, -0.2) is 16.3 Å². The van der Waals surface area contributed by atoms with Crippen LogP contribution >= 0.6 is 15.9 Å². The van der Waals surface area contributed by atoms with Crippen LogP contribution in [0.1, 0.15) is 19.5 Å². The minimum absolute atomic E-state index is 0.204. The molecule has 1 heterocycles. The Morgan fingerprint density at radius 1 is 1.33 bits per heavy atom. The van der Waals surface area contributed by atoms with Gasteiger partial charge in [0.2, 0.25) is 0 Å². The van der Waals surface area contributed by atoms with Gasteiger partial charge in [0, 0.05) is 18.2 Å². The summed E-state index contributed by atoms with van der Waals surface area (Å²) in [5.74, 6) is -0.257. The Hall–Kier alpha value is -1.20. The molecule has 2 N–H and O–H groups in total. The molecule has 0 atom stereocenters. The average molecular weight is 312 g/mol. The van der Waals surface area contributed by atoms with Gasteiger partial charge in [0.1, 0.15) is 5.82 Å². The first-order chi connectivity index (χ1) is 8.44. The fourth-order valence-electron chi connectivity index (χ4n) is 1.63. The fraction of sp³-hybridized carbons (Fsp3) is 0.308. The maximum absolute atomic E-state index is 12.9. The van der Waals surface area contributed by atoms with E-state index in [4.69, 9.17) is 5.73 Å². The van der Waals surface area contributed by atoms with Crippen molar-refractivity contribution in [1.82, 2.24) is 9.78 Å². The summed E-state index contributed by atoms with van der Waals surface area (Å²) in [7, 11) is 0. The lowest BCUT2D eigenvalue weighted by molar-refractivity contribution is 0.513. The molecule has 0 radical (unpaired) electrons. The number of nitrogens with two attached hydrogens (primary N) is 1. The zero-order chi connectivity index (χ0) is 13.3. The molecule has 2 rings (SSSR count). The van der Waals surface area contributed by atoms with Gasteiger partial charge in [-0.3, -0.25) is 0 Å². The van der Waals surface area contributed by atoms with Gasteiger partial charge < -0.3 is 5.73 Å². The predicted molar refractivity (Wildman–Crippen MR) is 73.3 cm³/mol. The molecule has 0 unspecified atom stereocenters. The minimum Gasteiger partial charge on any atom is -0.330 e. The van der Waals surface area contributed by atoms with E-state index in [0.29, 0.717) is 6.54 Å². The minimum atomic E-state index is -0.257. The maximum atomic E-state index is 12.9. The van der Waals surface area contributed by atoms with Gasteiger partial charge in [0.05, 0.1) is 15.9 Å². The smallest absolute Gasteiger partial charge is 0.123 e. The molecule has 0 aliphatic heterocycles. The third-order valence-corrected chi connectivity index (χ3v) is 3.49. The molecule has 0 fully saturated rings. The zero-order valence-corrected chi connectivity index (χ0v) is 11.9. The Kier molecular flexibility index (Phi) is 3.54. The Bertz CT molecular complexity index is 546. The maximum Gasteiger partial charge on any atom is 0.123 e. The highest BCUT2D eigenvalue weighted by Crippen LogP contribution is 2.28. The van der Waals surface area contributed by atoms with Crippen LogP contribution in [-0.2, 0) is 5.41 Å². The van der Waals surface area contributed by atoms with E-state index in [-0.39, 0.29) is 11.2 Å². The number of aromatic nitrogens is 2. The van der Waals surface area contributed by atoms with Crippen LogP contribution in [0.2, 0.25) is 0 Å². The van der Waals surface area contributed by atoms with Crippen molar-refractivity contribution >= 4 is 15.9 Å². The molecule has 0 saturated heterocycles. The lowest BCUT2D eigenvalue weighted by Gasteiger charge is -2.20. The van der Waals surface area contributed by atoms with Gasteiger partial charge in [0.15, 0.2) is 0 Å². The van der Waals surface area contributed by atoms with Gasteiger partial charge in [-0.25, -0.2) is 9.07 Å². The summed E-state index contributed by atoms with van der Waals surface area (Å²) in [6, 6.07) is 6.21. The summed E-state index contributed by atoms with van der Waals surface area (Å²) in [5, 5.41) is 4.52. The fourth-order valence-corrected chi connectivity index (χ4v) is 2.44. The van der Waals surface area contributed by atoms with Gasteiger partial charge in [-0.15, -0.1) is 0 Å². The summed E-state index contributed by atoms with van der Waals surface area (Å²) in [6.45, 7) is 4.58. The number of halogens is 2. The summed E-state index contributed by atoms with van der Waals surface area (Å²) >= 11 is 3.49. The van der Waals surface area contributed by atoms with E-state index in [1.807, 2.05) is 20.0 Å². The highest BCUT2D eigenvalue weighted by Gasteiger charge is 2.25. The van der Waals surface area contributed by atoms with E-state index >= 15 is 0 Å². The molecule has 1 aromatic heterocycles. The highest BCUT2D eigenvalue weighted by atomic mass is 79.9. The standard InChI is InChI=1S/C13H15BrFN3/c1-13(2,8-16)12-11(14)7-18(17-12)10-5-3-9(15)4-6-10/h3-7H,8,16H2,1-2H3. The predicted octanol–water partition coefficient (Wildman–Crippen LogP) is 3.01. The van der Waals surface area contributed by atoms with Gasteiger partial charge >= 0.3 is 0 Å². The van der Waals surface area contributed by atoms with Crippen molar-refractivity contribution in [3.05, 3.63) is 46.4 Å². The van der Waals surface area contributed by atoms with Gasteiger partial charge in [0.25, 0.3) is 0 Å². The van der Waals surface area contributed by atoms with Gasteiger partial charge in [-0.2, -0.15) is 5.10 Å². The molecule has 0 saturated carbocycles. The molecule has 0 bridgehead atoms. The Labute approximate surface area is 114 Å². The summed E-state index contributed by atoms with van der Waals surface area (Å²) in [5.41, 5.74) is 7.26. The Balaban J connectivity index is 2.43. The van der Waals surface area contributed by atoms with Crippen molar-refractivity contribution in [1.29, 1.82) is 0 Å². The molecule has 5 heteroatoms. The molecular formula is C13H15BrFN3. The third-order valence-electron chi connectivity index (χ3n) is 2.91. The first-order valence-corrected chi connectivity index (χ1v) is 6.45. The number of hydrogen-bond acceptors (Lipinski definition) is 2. The SMILES string of the molecule is CC(C)(CN)c1nn(-c2ccc(F)cc2)cc1Br. The number of benzene rings is 1. The van der Waals surface area contributed by atoms with Crippen LogP contribution in [0, 0.1) is 5.82 Å².